The number of hydrogen-bond donors (Lipinski definition) is 1. The van der Waals surface area contributed by atoms with Crippen LogP contribution in [0, 0.1) is 23.2 Å². The summed E-state index contributed by atoms with van der Waals surface area (Å²) >= 11 is 0. The van der Waals surface area contributed by atoms with Crippen molar-refractivity contribution in [3.05, 3.63) is 72.8 Å². The van der Waals surface area contributed by atoms with Crippen LogP contribution in [-0.2, 0) is 30.3 Å². The SMILES string of the molecule is C=C[C@@H]1C[C@]1(CC(=O)[C@@H]1C[C@@H]2CN1C(=O)C(C1CCNCC1)CC(=O)OCCCCCc1ccc3nc(-c4ccccc4)cc(c3c1)O2)C(C)=O. The zero-order valence-electron chi connectivity index (χ0n) is 29.6. The Morgan fingerprint density at radius 3 is 2.61 bits per heavy atom. The monoisotopic (exact) mass is 691 g/mol. The highest BCUT2D eigenvalue weighted by molar-refractivity contribution is 5.97. The Kier molecular flexibility index (Phi) is 10.4. The number of piperidine rings is 1. The van der Waals surface area contributed by atoms with E-state index in [1.54, 1.807) is 17.9 Å². The van der Waals surface area contributed by atoms with Gasteiger partial charge in [-0.25, -0.2) is 4.98 Å². The molecule has 1 unspecified atom stereocenters. The van der Waals surface area contributed by atoms with Gasteiger partial charge in [0, 0.05) is 35.3 Å². The molecule has 51 heavy (non-hydrogen) atoms. The molecular formula is C42H49N3O6. The molecule has 9 heteroatoms. The minimum atomic E-state index is -0.774. The lowest BCUT2D eigenvalue weighted by molar-refractivity contribution is -0.152. The molecule has 2 aromatic carbocycles. The summed E-state index contributed by atoms with van der Waals surface area (Å²) in [5.41, 5.74) is 2.96. The Morgan fingerprint density at radius 2 is 1.86 bits per heavy atom. The Bertz CT molecular complexity index is 1800. The van der Waals surface area contributed by atoms with Gasteiger partial charge in [-0.3, -0.25) is 19.2 Å². The number of ether oxygens (including phenoxy) is 2. The number of nitrogens with zero attached hydrogens (tertiary/aromatic N) is 2. The second-order valence-corrected chi connectivity index (χ2v) is 15.0. The summed E-state index contributed by atoms with van der Waals surface area (Å²) in [6.07, 6.45) is 7.20. The molecule has 3 aromatic rings. The van der Waals surface area contributed by atoms with Gasteiger partial charge in [-0.15, -0.1) is 6.58 Å². The van der Waals surface area contributed by atoms with Gasteiger partial charge >= 0.3 is 5.97 Å². The van der Waals surface area contributed by atoms with Gasteiger partial charge in [-0.1, -0.05) is 42.5 Å². The predicted octanol–water partition coefficient (Wildman–Crippen LogP) is 6.27. The highest BCUT2D eigenvalue weighted by atomic mass is 16.5. The average Bonchev–Trinajstić information content (AvgIpc) is 3.71. The Hall–Kier alpha value is -4.37. The van der Waals surface area contributed by atoms with Crippen LogP contribution >= 0.6 is 0 Å². The standard InChI is InChI=1S/C42H49N3O6/c1-3-31-24-42(31,27(2)46)25-38(47)37-21-32-26-45(37)41(49)33(29-15-17-43-18-16-29)22-40(48)50-19-9-5-6-10-28-13-14-35-34(20-28)39(51-32)23-36(44-35)30-11-7-4-8-12-30/h3-4,7-8,11-14,20,23,29,31-33,37,43H,1,5-6,9-10,15-19,21-22,24-26H2,2H3/t31-,32-,33?,37+,42+/m1/s1. The van der Waals surface area contributed by atoms with Crippen molar-refractivity contribution in [1.29, 1.82) is 0 Å². The molecule has 3 fully saturated rings. The van der Waals surface area contributed by atoms with Crippen LogP contribution in [-0.4, -0.2) is 71.7 Å². The van der Waals surface area contributed by atoms with Crippen LogP contribution in [0.5, 0.6) is 5.75 Å². The maximum absolute atomic E-state index is 14.8. The number of hydrogen-bond acceptors (Lipinski definition) is 8. The number of ketones is 2. The maximum Gasteiger partial charge on any atom is 0.306 e. The average molecular weight is 692 g/mol. The summed E-state index contributed by atoms with van der Waals surface area (Å²) < 4.78 is 12.6. The van der Waals surface area contributed by atoms with E-state index < -0.39 is 23.5 Å². The number of nitrogens with one attached hydrogen (secondary N) is 1. The minimum absolute atomic E-state index is 0.0132. The molecule has 7 rings (SSSR count). The fourth-order valence-corrected chi connectivity index (χ4v) is 8.61. The molecule has 2 saturated heterocycles. The molecular weight excluding hydrogens is 642 g/mol. The second kappa shape index (κ2) is 15.1. The number of allylic oxidation sites excluding steroid dienone is 1. The van der Waals surface area contributed by atoms with Crippen molar-refractivity contribution in [2.75, 3.05) is 26.2 Å². The molecule has 268 valence electrons. The third kappa shape index (κ3) is 7.50. The number of carbonyl (C=O) groups is 4. The molecule has 1 amide bonds. The van der Waals surface area contributed by atoms with E-state index in [1.165, 1.54) is 0 Å². The fourth-order valence-electron chi connectivity index (χ4n) is 8.61. The number of cyclic esters (lactones) is 1. The van der Waals surface area contributed by atoms with Crippen molar-refractivity contribution in [2.45, 2.75) is 83.3 Å². The van der Waals surface area contributed by atoms with E-state index >= 15 is 0 Å². The highest BCUT2D eigenvalue weighted by Crippen LogP contribution is 2.57. The molecule has 4 heterocycles. The van der Waals surface area contributed by atoms with Crippen LogP contribution in [0.3, 0.4) is 0 Å². The number of pyridine rings is 1. The van der Waals surface area contributed by atoms with Crippen LogP contribution in [0.4, 0.5) is 0 Å². The van der Waals surface area contributed by atoms with Crippen LogP contribution in [0.2, 0.25) is 0 Å². The molecule has 1 aliphatic carbocycles. The first-order valence-electron chi connectivity index (χ1n) is 18.7. The summed E-state index contributed by atoms with van der Waals surface area (Å²) in [5, 5.41) is 4.26. The van der Waals surface area contributed by atoms with Crippen molar-refractivity contribution in [1.82, 2.24) is 15.2 Å². The number of aromatic nitrogens is 1. The Labute approximate surface area is 300 Å². The molecule has 4 aliphatic rings. The normalized spacial score (nSPS) is 27.7. The van der Waals surface area contributed by atoms with Crippen LogP contribution in [0.1, 0.15) is 70.3 Å². The van der Waals surface area contributed by atoms with E-state index in [2.05, 4.69) is 24.0 Å². The Morgan fingerprint density at radius 1 is 1.06 bits per heavy atom. The van der Waals surface area contributed by atoms with Gasteiger partial charge in [0.25, 0.3) is 0 Å². The zero-order chi connectivity index (χ0) is 35.5. The fraction of sp³-hybridized carbons (Fsp3) is 0.500. The summed E-state index contributed by atoms with van der Waals surface area (Å²) in [4.78, 5) is 61.9. The van der Waals surface area contributed by atoms with Gasteiger partial charge in [0.1, 0.15) is 17.6 Å². The molecule has 1 saturated carbocycles. The Balaban J connectivity index is 1.27. The van der Waals surface area contributed by atoms with E-state index in [-0.39, 0.29) is 54.7 Å². The van der Waals surface area contributed by atoms with E-state index in [1.807, 2.05) is 42.5 Å². The quantitative estimate of drug-likeness (QED) is 0.228. The lowest BCUT2D eigenvalue weighted by atomic mass is 9.81. The third-order valence-corrected chi connectivity index (χ3v) is 11.8. The number of fused-ring (bicyclic) bond motifs is 3. The number of carbonyl (C=O) groups excluding carboxylic acids is 4. The van der Waals surface area contributed by atoms with Crippen molar-refractivity contribution in [2.24, 2.45) is 23.2 Å². The number of esters is 1. The van der Waals surface area contributed by atoms with Crippen LogP contribution in [0.15, 0.2) is 67.3 Å². The van der Waals surface area contributed by atoms with Gasteiger partial charge < -0.3 is 19.7 Å². The predicted molar refractivity (Wildman–Crippen MR) is 195 cm³/mol. The van der Waals surface area contributed by atoms with Crippen LogP contribution < -0.4 is 10.1 Å². The van der Waals surface area contributed by atoms with Crippen molar-refractivity contribution in [3.8, 4) is 17.0 Å². The number of rotatable bonds is 7. The van der Waals surface area contributed by atoms with Gasteiger partial charge in [0.05, 0.1) is 42.7 Å². The number of benzene rings is 2. The molecule has 1 N–H and O–H groups in total. The molecule has 4 bridgehead atoms. The topological polar surface area (TPSA) is 115 Å². The first-order valence-corrected chi connectivity index (χ1v) is 18.7. The highest BCUT2D eigenvalue weighted by Gasteiger charge is 2.58. The summed E-state index contributed by atoms with van der Waals surface area (Å²) in [6.45, 7) is 7.50. The van der Waals surface area contributed by atoms with E-state index in [4.69, 9.17) is 14.5 Å². The third-order valence-electron chi connectivity index (χ3n) is 11.8. The lowest BCUT2D eigenvalue weighted by Crippen LogP contribution is -2.48. The van der Waals surface area contributed by atoms with E-state index in [9.17, 15) is 19.2 Å². The molecule has 3 aliphatic heterocycles. The largest absolute Gasteiger partial charge is 0.488 e. The van der Waals surface area contributed by atoms with Gasteiger partial charge in [0.2, 0.25) is 5.91 Å². The van der Waals surface area contributed by atoms with Gasteiger partial charge in [0.15, 0.2) is 5.78 Å². The molecule has 9 nitrogen and oxygen atoms in total. The van der Waals surface area contributed by atoms with Crippen molar-refractivity contribution in [3.63, 3.8) is 0 Å². The number of aryl methyl sites for hydroxylation is 1. The lowest BCUT2D eigenvalue weighted by Gasteiger charge is -2.34. The van der Waals surface area contributed by atoms with E-state index in [0.717, 1.165) is 79.3 Å². The minimum Gasteiger partial charge on any atom is -0.488 e. The first kappa shape index (κ1) is 35.1. The molecule has 0 spiro atoms. The zero-order valence-corrected chi connectivity index (χ0v) is 29.6. The van der Waals surface area contributed by atoms with Crippen molar-refractivity contribution >= 4 is 34.3 Å². The second-order valence-electron chi connectivity index (χ2n) is 15.0. The molecule has 5 atom stereocenters. The van der Waals surface area contributed by atoms with Crippen LogP contribution in [0.25, 0.3) is 22.2 Å². The van der Waals surface area contributed by atoms with Gasteiger partial charge in [-0.2, -0.15) is 0 Å². The summed E-state index contributed by atoms with van der Waals surface area (Å²) in [7, 11) is 0. The molecule has 1 aromatic heterocycles. The number of Topliss-reactive ketones (excluding diaryl/α,β-unsaturated/α-hetero) is 2. The first-order chi connectivity index (χ1) is 24.8. The van der Waals surface area contributed by atoms with Gasteiger partial charge in [-0.05, 0) is 94.5 Å². The van der Waals surface area contributed by atoms with E-state index in [0.29, 0.717) is 25.2 Å². The number of amides is 1. The maximum atomic E-state index is 14.8. The van der Waals surface area contributed by atoms with Crippen molar-refractivity contribution < 1.29 is 28.7 Å². The smallest absolute Gasteiger partial charge is 0.306 e. The summed E-state index contributed by atoms with van der Waals surface area (Å²) in [6, 6.07) is 17.5. The summed E-state index contributed by atoms with van der Waals surface area (Å²) in [5.74, 6) is -0.742. The molecule has 0 radical (unpaired) electrons.